The first-order valence-electron chi connectivity index (χ1n) is 7.29. The Morgan fingerprint density at radius 2 is 2.08 bits per heavy atom. The number of nitrogens with zero attached hydrogens (tertiary/aromatic N) is 2. The van der Waals surface area contributed by atoms with Crippen molar-refractivity contribution in [3.8, 4) is 0 Å². The number of halogens is 2. The van der Waals surface area contributed by atoms with Crippen LogP contribution in [0.1, 0.15) is 18.4 Å². The summed E-state index contributed by atoms with van der Waals surface area (Å²) in [5, 5.41) is 0.350. The molecule has 2 heterocycles. The molecule has 2 aromatic rings. The highest BCUT2D eigenvalue weighted by molar-refractivity contribution is 8.18. The van der Waals surface area contributed by atoms with E-state index in [0.717, 1.165) is 29.7 Å². The van der Waals surface area contributed by atoms with Crippen LogP contribution in [0.4, 0.5) is 14.5 Å². The number of aliphatic imine (C=N–C) groups is 1. The van der Waals surface area contributed by atoms with Gasteiger partial charge in [0.25, 0.3) is 5.91 Å². The van der Waals surface area contributed by atoms with E-state index < -0.39 is 11.6 Å². The zero-order valence-electron chi connectivity index (χ0n) is 13.0. The predicted octanol–water partition coefficient (Wildman–Crippen LogP) is 4.49. The molecule has 4 nitrogen and oxygen atoms in total. The van der Waals surface area contributed by atoms with Crippen molar-refractivity contribution in [1.82, 2.24) is 4.90 Å². The number of hydrogen-bond acceptors (Lipinski definition) is 4. The zero-order valence-corrected chi connectivity index (χ0v) is 13.9. The molecule has 0 spiro atoms. The van der Waals surface area contributed by atoms with E-state index in [1.165, 1.54) is 11.0 Å². The Bertz CT molecular complexity index is 858. The molecule has 0 unspecified atom stereocenters. The fraction of sp³-hybridized carbons (Fsp3) is 0.176. The predicted molar refractivity (Wildman–Crippen MR) is 89.9 cm³/mol. The number of amides is 1. The van der Waals surface area contributed by atoms with Crippen LogP contribution in [0.15, 0.2) is 44.6 Å². The Balaban J connectivity index is 1.95. The maximum absolute atomic E-state index is 13.8. The van der Waals surface area contributed by atoms with E-state index in [-0.39, 0.29) is 11.6 Å². The monoisotopic (exact) mass is 348 g/mol. The number of hydrogen-bond donors (Lipinski definition) is 0. The largest absolute Gasteiger partial charge is 0.462 e. The molecule has 24 heavy (non-hydrogen) atoms. The molecule has 1 saturated heterocycles. The van der Waals surface area contributed by atoms with Crippen LogP contribution in [-0.2, 0) is 4.79 Å². The summed E-state index contributed by atoms with van der Waals surface area (Å²) in [6.45, 7) is 4.01. The van der Waals surface area contributed by atoms with Gasteiger partial charge in [0.15, 0.2) is 11.0 Å². The van der Waals surface area contributed by atoms with Gasteiger partial charge in [-0.05, 0) is 49.9 Å². The van der Waals surface area contributed by atoms with Gasteiger partial charge < -0.3 is 4.42 Å². The van der Waals surface area contributed by atoms with Gasteiger partial charge in [0.2, 0.25) is 0 Å². The Morgan fingerprint density at radius 3 is 2.71 bits per heavy atom. The number of benzene rings is 1. The molecular weight excluding hydrogens is 334 g/mol. The van der Waals surface area contributed by atoms with Gasteiger partial charge in [-0.1, -0.05) is 0 Å². The Morgan fingerprint density at radius 1 is 1.29 bits per heavy atom. The summed E-state index contributed by atoms with van der Waals surface area (Å²) in [5.74, 6) is -0.364. The molecule has 124 valence electrons. The third-order valence-corrected chi connectivity index (χ3v) is 4.37. The van der Waals surface area contributed by atoms with Gasteiger partial charge in [-0.3, -0.25) is 9.69 Å². The van der Waals surface area contributed by atoms with Gasteiger partial charge in [0, 0.05) is 18.7 Å². The first-order valence-corrected chi connectivity index (χ1v) is 8.11. The third-order valence-electron chi connectivity index (χ3n) is 3.36. The number of likely N-dealkylation sites (N-methyl/N-ethyl adjacent to an activating group) is 1. The van der Waals surface area contributed by atoms with Crippen molar-refractivity contribution < 1.29 is 18.0 Å². The molecule has 1 amide bonds. The molecule has 0 bridgehead atoms. The van der Waals surface area contributed by atoms with Crippen LogP contribution in [0.3, 0.4) is 0 Å². The van der Waals surface area contributed by atoms with E-state index in [0.29, 0.717) is 22.4 Å². The summed E-state index contributed by atoms with van der Waals surface area (Å²) < 4.78 is 32.2. The molecule has 0 N–H and O–H groups in total. The van der Waals surface area contributed by atoms with Crippen LogP contribution < -0.4 is 0 Å². The molecule has 1 aromatic heterocycles. The average Bonchev–Trinajstić information content (AvgIpc) is 3.06. The van der Waals surface area contributed by atoms with Crippen molar-refractivity contribution >= 4 is 34.6 Å². The van der Waals surface area contributed by atoms with E-state index in [1.54, 1.807) is 25.1 Å². The molecule has 1 fully saturated rings. The molecular formula is C17H14F2N2O2S. The van der Waals surface area contributed by atoms with Gasteiger partial charge in [0.05, 0.1) is 4.91 Å². The minimum Gasteiger partial charge on any atom is -0.462 e. The Kier molecular flexibility index (Phi) is 4.53. The number of aryl methyl sites for hydroxylation is 1. The zero-order chi connectivity index (χ0) is 17.3. The average molecular weight is 348 g/mol. The van der Waals surface area contributed by atoms with Crippen molar-refractivity contribution in [3.63, 3.8) is 0 Å². The van der Waals surface area contributed by atoms with Crippen molar-refractivity contribution in [2.45, 2.75) is 13.8 Å². The van der Waals surface area contributed by atoms with E-state index in [1.807, 2.05) is 6.92 Å². The van der Waals surface area contributed by atoms with Crippen molar-refractivity contribution in [1.29, 1.82) is 0 Å². The number of carbonyl (C=O) groups is 1. The van der Waals surface area contributed by atoms with Crippen molar-refractivity contribution in [3.05, 3.63) is 58.4 Å². The maximum Gasteiger partial charge on any atom is 0.266 e. The minimum atomic E-state index is -0.773. The first-order chi connectivity index (χ1) is 11.5. The van der Waals surface area contributed by atoms with E-state index in [9.17, 15) is 13.6 Å². The molecule has 0 saturated carbocycles. The Labute approximate surface area is 141 Å². The highest BCUT2D eigenvalue weighted by atomic mass is 32.2. The van der Waals surface area contributed by atoms with Gasteiger partial charge in [0.1, 0.15) is 23.0 Å². The topological polar surface area (TPSA) is 45.8 Å². The number of thioether (sulfide) groups is 1. The third kappa shape index (κ3) is 3.26. The number of furan rings is 1. The number of rotatable bonds is 3. The van der Waals surface area contributed by atoms with Gasteiger partial charge in [-0.25, -0.2) is 13.8 Å². The molecule has 1 aliphatic rings. The molecule has 7 heteroatoms. The lowest BCUT2D eigenvalue weighted by molar-refractivity contribution is -0.122. The Hall–Kier alpha value is -2.41. The van der Waals surface area contributed by atoms with E-state index in [2.05, 4.69) is 4.99 Å². The highest BCUT2D eigenvalue weighted by Gasteiger charge is 2.32. The van der Waals surface area contributed by atoms with Crippen LogP contribution in [0.25, 0.3) is 6.08 Å². The minimum absolute atomic E-state index is 0.0137. The fourth-order valence-corrected chi connectivity index (χ4v) is 3.24. The second-order valence-corrected chi connectivity index (χ2v) is 6.11. The van der Waals surface area contributed by atoms with Crippen LogP contribution in [0.2, 0.25) is 0 Å². The second kappa shape index (κ2) is 6.60. The lowest BCUT2D eigenvalue weighted by Gasteiger charge is -2.12. The molecule has 0 aliphatic carbocycles. The number of carbonyl (C=O) groups excluding carboxylic acids is 1. The normalized spacial score (nSPS) is 18.2. The van der Waals surface area contributed by atoms with Crippen LogP contribution in [-0.4, -0.2) is 22.5 Å². The van der Waals surface area contributed by atoms with Gasteiger partial charge >= 0.3 is 0 Å². The SMILES string of the molecule is CCN1C(=O)/C(=C\c2ccc(C)o2)SC1=Nc1ccc(F)cc1F. The van der Waals surface area contributed by atoms with Gasteiger partial charge in [-0.15, -0.1) is 0 Å². The van der Waals surface area contributed by atoms with E-state index >= 15 is 0 Å². The van der Waals surface area contributed by atoms with Crippen LogP contribution in [0, 0.1) is 18.6 Å². The van der Waals surface area contributed by atoms with Crippen LogP contribution >= 0.6 is 11.8 Å². The first kappa shape index (κ1) is 16.4. The lowest BCUT2D eigenvalue weighted by Crippen LogP contribution is -2.28. The lowest BCUT2D eigenvalue weighted by atomic mass is 10.3. The van der Waals surface area contributed by atoms with Gasteiger partial charge in [-0.2, -0.15) is 0 Å². The molecule has 3 rings (SSSR count). The molecule has 1 aliphatic heterocycles. The quantitative estimate of drug-likeness (QED) is 0.768. The standard InChI is InChI=1S/C17H14F2N2O2S/c1-3-21-16(22)15(9-12-6-4-10(2)23-12)24-17(21)20-14-7-5-11(18)8-13(14)19/h4-9H,3H2,1-2H3/b15-9+,20-17?. The summed E-state index contributed by atoms with van der Waals surface area (Å²) in [6.07, 6.45) is 1.63. The summed E-state index contributed by atoms with van der Waals surface area (Å²) in [7, 11) is 0. The van der Waals surface area contributed by atoms with Crippen molar-refractivity contribution in [2.75, 3.05) is 6.54 Å². The fourth-order valence-electron chi connectivity index (χ4n) is 2.21. The summed E-state index contributed by atoms with van der Waals surface area (Å²) in [6, 6.07) is 6.70. The second-order valence-electron chi connectivity index (χ2n) is 5.10. The van der Waals surface area contributed by atoms with Crippen LogP contribution in [0.5, 0.6) is 0 Å². The van der Waals surface area contributed by atoms with Crippen molar-refractivity contribution in [2.24, 2.45) is 4.99 Å². The van der Waals surface area contributed by atoms with E-state index in [4.69, 9.17) is 4.42 Å². The molecule has 0 atom stereocenters. The molecule has 0 radical (unpaired) electrons. The highest BCUT2D eigenvalue weighted by Crippen LogP contribution is 2.34. The summed E-state index contributed by atoms with van der Waals surface area (Å²) in [5.41, 5.74) is -0.0137. The maximum atomic E-state index is 13.8. The molecule has 1 aromatic carbocycles. The summed E-state index contributed by atoms with van der Waals surface area (Å²) in [4.78, 5) is 18.5. The smallest absolute Gasteiger partial charge is 0.266 e. The summed E-state index contributed by atoms with van der Waals surface area (Å²) >= 11 is 1.13. The number of amidine groups is 1.